The highest BCUT2D eigenvalue weighted by atomic mass is 16.5. The van der Waals surface area contributed by atoms with Gasteiger partial charge in [0.15, 0.2) is 0 Å². The van der Waals surface area contributed by atoms with Crippen molar-refractivity contribution in [3.05, 3.63) is 42.5 Å². The molecule has 1 atom stereocenters. The van der Waals surface area contributed by atoms with E-state index in [2.05, 4.69) is 6.58 Å². The summed E-state index contributed by atoms with van der Waals surface area (Å²) >= 11 is 0. The molecule has 1 aromatic rings. The third-order valence-electron chi connectivity index (χ3n) is 2.73. The van der Waals surface area contributed by atoms with E-state index in [1.807, 2.05) is 30.3 Å². The molecule has 0 N–H and O–H groups in total. The highest BCUT2D eigenvalue weighted by Gasteiger charge is 2.26. The second-order valence-electron chi connectivity index (χ2n) is 3.75. The smallest absolute Gasteiger partial charge is 0.313 e. The molecule has 0 aromatic heterocycles. The standard InChI is InChI=1S/C13H14O2/c1-10(11-6-3-2-4-7-11)12-8-5-9-15-13(12)14/h2-4,6-7,12H,1,5,8-9H2. The van der Waals surface area contributed by atoms with E-state index in [-0.39, 0.29) is 11.9 Å². The third-order valence-corrected chi connectivity index (χ3v) is 2.73. The molecular weight excluding hydrogens is 188 g/mol. The average molecular weight is 202 g/mol. The number of carbonyl (C=O) groups excluding carboxylic acids is 1. The van der Waals surface area contributed by atoms with E-state index in [0.29, 0.717) is 6.61 Å². The van der Waals surface area contributed by atoms with Gasteiger partial charge in [-0.25, -0.2) is 0 Å². The summed E-state index contributed by atoms with van der Waals surface area (Å²) in [7, 11) is 0. The van der Waals surface area contributed by atoms with Crippen molar-refractivity contribution in [1.29, 1.82) is 0 Å². The van der Waals surface area contributed by atoms with Crippen molar-refractivity contribution in [3.8, 4) is 0 Å². The summed E-state index contributed by atoms with van der Waals surface area (Å²) in [5, 5.41) is 0. The van der Waals surface area contributed by atoms with Crippen LogP contribution in [0.15, 0.2) is 36.9 Å². The maximum atomic E-state index is 11.5. The second kappa shape index (κ2) is 4.30. The number of benzene rings is 1. The van der Waals surface area contributed by atoms with E-state index in [1.54, 1.807) is 0 Å². The van der Waals surface area contributed by atoms with Crippen LogP contribution in [-0.4, -0.2) is 12.6 Å². The van der Waals surface area contributed by atoms with Crippen LogP contribution in [0.2, 0.25) is 0 Å². The summed E-state index contributed by atoms with van der Waals surface area (Å²) in [5.74, 6) is -0.281. The molecule has 1 fully saturated rings. The van der Waals surface area contributed by atoms with Crippen LogP contribution in [-0.2, 0) is 9.53 Å². The number of esters is 1. The fourth-order valence-electron chi connectivity index (χ4n) is 1.85. The lowest BCUT2D eigenvalue weighted by molar-refractivity contribution is -0.150. The zero-order chi connectivity index (χ0) is 10.7. The van der Waals surface area contributed by atoms with Gasteiger partial charge in [-0.15, -0.1) is 0 Å². The van der Waals surface area contributed by atoms with Gasteiger partial charge in [0.1, 0.15) is 0 Å². The monoisotopic (exact) mass is 202 g/mol. The number of rotatable bonds is 2. The summed E-state index contributed by atoms with van der Waals surface area (Å²) in [6.45, 7) is 4.55. The van der Waals surface area contributed by atoms with Crippen molar-refractivity contribution in [3.63, 3.8) is 0 Å². The van der Waals surface area contributed by atoms with Crippen LogP contribution in [0.1, 0.15) is 18.4 Å². The molecule has 15 heavy (non-hydrogen) atoms. The Bertz CT molecular complexity index is 367. The lowest BCUT2D eigenvalue weighted by atomic mass is 9.89. The van der Waals surface area contributed by atoms with Crippen molar-refractivity contribution in [2.75, 3.05) is 6.61 Å². The van der Waals surface area contributed by atoms with Crippen LogP contribution >= 0.6 is 0 Å². The maximum absolute atomic E-state index is 11.5. The fraction of sp³-hybridized carbons (Fsp3) is 0.308. The Morgan fingerprint density at radius 1 is 1.33 bits per heavy atom. The summed E-state index contributed by atoms with van der Waals surface area (Å²) in [5.41, 5.74) is 1.90. The SMILES string of the molecule is C=C(c1ccccc1)C1CCCOC1=O. The summed E-state index contributed by atoms with van der Waals surface area (Å²) in [6, 6.07) is 9.81. The highest BCUT2D eigenvalue weighted by molar-refractivity contribution is 5.88. The summed E-state index contributed by atoms with van der Waals surface area (Å²) in [4.78, 5) is 11.5. The van der Waals surface area contributed by atoms with Crippen LogP contribution in [0.4, 0.5) is 0 Å². The highest BCUT2D eigenvalue weighted by Crippen LogP contribution is 2.28. The first-order chi connectivity index (χ1) is 7.29. The van der Waals surface area contributed by atoms with E-state index >= 15 is 0 Å². The second-order valence-corrected chi connectivity index (χ2v) is 3.75. The molecule has 78 valence electrons. The molecule has 2 rings (SSSR count). The number of hydrogen-bond donors (Lipinski definition) is 0. The molecule has 1 aliphatic heterocycles. The molecule has 1 unspecified atom stereocenters. The van der Waals surface area contributed by atoms with Crippen LogP contribution in [0.5, 0.6) is 0 Å². The minimum atomic E-state index is -0.152. The Hall–Kier alpha value is -1.57. The van der Waals surface area contributed by atoms with Gasteiger partial charge in [0.05, 0.1) is 12.5 Å². The van der Waals surface area contributed by atoms with E-state index in [4.69, 9.17) is 4.74 Å². The Balaban J connectivity index is 2.17. The van der Waals surface area contributed by atoms with Gasteiger partial charge < -0.3 is 4.74 Å². The lowest BCUT2D eigenvalue weighted by Gasteiger charge is -2.22. The molecule has 0 radical (unpaired) electrons. The predicted octanol–water partition coefficient (Wildman–Crippen LogP) is 2.65. The molecule has 0 bridgehead atoms. The van der Waals surface area contributed by atoms with Gasteiger partial charge in [-0.05, 0) is 24.0 Å². The Morgan fingerprint density at radius 3 is 2.73 bits per heavy atom. The lowest BCUT2D eigenvalue weighted by Crippen LogP contribution is -2.24. The van der Waals surface area contributed by atoms with Crippen LogP contribution in [0.3, 0.4) is 0 Å². The van der Waals surface area contributed by atoms with Crippen molar-refractivity contribution in [2.45, 2.75) is 12.8 Å². The average Bonchev–Trinajstić information content (AvgIpc) is 2.30. The van der Waals surface area contributed by atoms with Crippen LogP contribution in [0.25, 0.3) is 5.57 Å². The minimum absolute atomic E-state index is 0.130. The first-order valence-corrected chi connectivity index (χ1v) is 5.20. The van der Waals surface area contributed by atoms with Gasteiger partial charge in [0.2, 0.25) is 0 Å². The number of carbonyl (C=O) groups is 1. The van der Waals surface area contributed by atoms with Crippen LogP contribution in [0, 0.1) is 5.92 Å². The summed E-state index contributed by atoms with van der Waals surface area (Å²) < 4.78 is 5.03. The van der Waals surface area contributed by atoms with Gasteiger partial charge in [-0.3, -0.25) is 4.79 Å². The molecule has 2 heteroatoms. The zero-order valence-corrected chi connectivity index (χ0v) is 8.61. The van der Waals surface area contributed by atoms with Crippen LogP contribution < -0.4 is 0 Å². The van der Waals surface area contributed by atoms with Gasteiger partial charge in [0, 0.05) is 0 Å². The molecule has 0 spiro atoms. The molecule has 0 aliphatic carbocycles. The largest absolute Gasteiger partial charge is 0.465 e. The first-order valence-electron chi connectivity index (χ1n) is 5.20. The minimum Gasteiger partial charge on any atom is -0.465 e. The van der Waals surface area contributed by atoms with Crippen molar-refractivity contribution >= 4 is 11.5 Å². The number of ether oxygens (including phenoxy) is 1. The van der Waals surface area contributed by atoms with Crippen molar-refractivity contribution in [2.24, 2.45) is 5.92 Å². The molecule has 1 aromatic carbocycles. The molecule has 1 aliphatic rings. The van der Waals surface area contributed by atoms with Gasteiger partial charge in [0.25, 0.3) is 0 Å². The van der Waals surface area contributed by atoms with Gasteiger partial charge >= 0.3 is 5.97 Å². The number of cyclic esters (lactones) is 1. The molecule has 0 saturated carbocycles. The third kappa shape index (κ3) is 2.09. The van der Waals surface area contributed by atoms with Crippen molar-refractivity contribution < 1.29 is 9.53 Å². The number of hydrogen-bond acceptors (Lipinski definition) is 2. The van der Waals surface area contributed by atoms with E-state index < -0.39 is 0 Å². The molecule has 1 saturated heterocycles. The topological polar surface area (TPSA) is 26.3 Å². The molecule has 1 heterocycles. The van der Waals surface area contributed by atoms with E-state index in [1.165, 1.54) is 0 Å². The van der Waals surface area contributed by atoms with Gasteiger partial charge in [-0.2, -0.15) is 0 Å². The first kappa shape index (κ1) is 9.97. The fourth-order valence-corrected chi connectivity index (χ4v) is 1.85. The normalized spacial score (nSPS) is 20.8. The predicted molar refractivity (Wildman–Crippen MR) is 59.2 cm³/mol. The molecule has 0 amide bonds. The summed E-state index contributed by atoms with van der Waals surface area (Å²) in [6.07, 6.45) is 1.79. The Labute approximate surface area is 89.6 Å². The Kier molecular flexibility index (Phi) is 2.86. The van der Waals surface area contributed by atoms with E-state index in [0.717, 1.165) is 24.0 Å². The van der Waals surface area contributed by atoms with Gasteiger partial charge in [-0.1, -0.05) is 36.9 Å². The van der Waals surface area contributed by atoms with Crippen molar-refractivity contribution in [1.82, 2.24) is 0 Å². The maximum Gasteiger partial charge on any atom is 0.313 e. The zero-order valence-electron chi connectivity index (χ0n) is 8.61. The molecular formula is C13H14O2. The Morgan fingerprint density at radius 2 is 2.07 bits per heavy atom. The van der Waals surface area contributed by atoms with E-state index in [9.17, 15) is 4.79 Å². The quantitative estimate of drug-likeness (QED) is 0.689. The molecule has 2 nitrogen and oxygen atoms in total.